The van der Waals surface area contributed by atoms with Gasteiger partial charge in [0.25, 0.3) is 0 Å². The van der Waals surface area contributed by atoms with Crippen molar-refractivity contribution in [3.8, 4) is 10.6 Å². The largest absolute Gasteiger partial charge is 0.478 e. The first-order valence-corrected chi connectivity index (χ1v) is 8.99. The van der Waals surface area contributed by atoms with Crippen molar-refractivity contribution in [1.82, 2.24) is 9.97 Å². The van der Waals surface area contributed by atoms with Crippen LogP contribution in [0.15, 0.2) is 48.8 Å². The lowest BCUT2D eigenvalue weighted by molar-refractivity contribution is 0.0697. The van der Waals surface area contributed by atoms with Crippen molar-refractivity contribution in [3.05, 3.63) is 58.7 Å². The number of benzene rings is 1. The summed E-state index contributed by atoms with van der Waals surface area (Å²) in [6, 6.07) is 10.6. The minimum atomic E-state index is -0.972. The average Bonchev–Trinajstić information content (AvgIpc) is 3.08. The first-order valence-electron chi connectivity index (χ1n) is 7.80. The number of halogens is 1. The maximum atomic E-state index is 11.2. The average molecular weight is 371 g/mol. The molecule has 0 aliphatic carbocycles. The molecule has 3 heterocycles. The molecule has 6 heteroatoms. The number of pyridine rings is 2. The molecule has 0 unspecified atom stereocenters. The topological polar surface area (TPSA) is 63.1 Å². The van der Waals surface area contributed by atoms with Crippen LogP contribution >= 0.6 is 22.9 Å². The van der Waals surface area contributed by atoms with Crippen LogP contribution in [0.4, 0.5) is 0 Å². The molecule has 126 valence electrons. The number of rotatable bonds is 2. The number of carboxylic acids is 1. The van der Waals surface area contributed by atoms with E-state index < -0.39 is 5.97 Å². The van der Waals surface area contributed by atoms with Gasteiger partial charge in [-0.05, 0) is 30.3 Å². The normalized spacial score (nSPS) is 10.5. The number of nitrogens with zero attached hydrogens (tertiary/aromatic N) is 2. The van der Waals surface area contributed by atoms with E-state index in [0.29, 0.717) is 9.85 Å². The van der Waals surface area contributed by atoms with Gasteiger partial charge in [-0.2, -0.15) is 0 Å². The molecule has 4 aromatic rings. The lowest BCUT2D eigenvalue weighted by Gasteiger charge is -2.08. The van der Waals surface area contributed by atoms with Crippen molar-refractivity contribution < 1.29 is 9.90 Å². The van der Waals surface area contributed by atoms with Crippen LogP contribution in [-0.4, -0.2) is 21.0 Å². The van der Waals surface area contributed by atoms with Crippen LogP contribution in [0.3, 0.4) is 0 Å². The molecule has 0 atom stereocenters. The lowest BCUT2D eigenvalue weighted by Crippen LogP contribution is -1.97. The summed E-state index contributed by atoms with van der Waals surface area (Å²) in [4.78, 5) is 21.0. The smallest absolute Gasteiger partial charge is 0.335 e. The van der Waals surface area contributed by atoms with E-state index in [9.17, 15) is 9.90 Å². The Morgan fingerprint density at radius 2 is 1.88 bits per heavy atom. The van der Waals surface area contributed by atoms with Gasteiger partial charge in [0, 0.05) is 28.6 Å². The highest BCUT2D eigenvalue weighted by Crippen LogP contribution is 2.36. The molecule has 0 saturated heterocycles. The molecule has 4 rings (SSSR count). The standard InChI is InChI=1S/C17H9ClN2O2S.C2H6/c18-15-4-3-14(23-15)16-11-5-6-19-8-12(11)10-2-1-9(17(21)22)7-13(10)20-16;1-2/h1-8H,(H,21,22);1-2H3. The van der Waals surface area contributed by atoms with Crippen LogP contribution in [0.25, 0.3) is 32.2 Å². The minimum absolute atomic E-state index is 0.211. The van der Waals surface area contributed by atoms with Gasteiger partial charge in [-0.3, -0.25) is 4.98 Å². The summed E-state index contributed by atoms with van der Waals surface area (Å²) < 4.78 is 0.684. The summed E-state index contributed by atoms with van der Waals surface area (Å²) in [5.41, 5.74) is 1.63. The second kappa shape index (κ2) is 7.17. The van der Waals surface area contributed by atoms with Crippen molar-refractivity contribution in [1.29, 1.82) is 0 Å². The third-order valence-electron chi connectivity index (χ3n) is 3.65. The maximum absolute atomic E-state index is 11.2. The van der Waals surface area contributed by atoms with Gasteiger partial charge < -0.3 is 5.11 Å². The van der Waals surface area contributed by atoms with Crippen molar-refractivity contribution in [2.75, 3.05) is 0 Å². The molecule has 0 spiro atoms. The Bertz CT molecular complexity index is 1080. The SMILES string of the molecule is CC.O=C(O)c1ccc2c(c1)nc(-c1ccc(Cl)s1)c1ccncc12. The third kappa shape index (κ3) is 3.21. The number of carboxylic acid groups (broad SMARTS) is 1. The first kappa shape index (κ1) is 17.3. The number of hydrogen-bond acceptors (Lipinski definition) is 4. The van der Waals surface area contributed by atoms with E-state index in [1.54, 1.807) is 30.6 Å². The Morgan fingerprint density at radius 3 is 2.56 bits per heavy atom. The van der Waals surface area contributed by atoms with E-state index in [1.165, 1.54) is 11.3 Å². The Balaban J connectivity index is 0.000000880. The van der Waals surface area contributed by atoms with Crippen LogP contribution in [-0.2, 0) is 0 Å². The van der Waals surface area contributed by atoms with Gasteiger partial charge in [0.2, 0.25) is 0 Å². The Kier molecular flexibility index (Phi) is 4.97. The van der Waals surface area contributed by atoms with Gasteiger partial charge in [0.1, 0.15) is 0 Å². The van der Waals surface area contributed by atoms with E-state index in [4.69, 9.17) is 16.6 Å². The number of carbonyl (C=O) groups is 1. The van der Waals surface area contributed by atoms with Crippen LogP contribution in [0.2, 0.25) is 4.34 Å². The van der Waals surface area contributed by atoms with Gasteiger partial charge in [0.15, 0.2) is 0 Å². The van der Waals surface area contributed by atoms with E-state index in [2.05, 4.69) is 4.98 Å². The van der Waals surface area contributed by atoms with Gasteiger partial charge in [0.05, 0.1) is 26.0 Å². The Morgan fingerprint density at radius 1 is 1.08 bits per heavy atom. The molecule has 0 bridgehead atoms. The summed E-state index contributed by atoms with van der Waals surface area (Å²) in [5.74, 6) is -0.972. The van der Waals surface area contributed by atoms with E-state index >= 15 is 0 Å². The van der Waals surface area contributed by atoms with Crippen LogP contribution in [0, 0.1) is 0 Å². The quantitative estimate of drug-likeness (QED) is 0.447. The molecular formula is C19H15ClN2O2S. The molecule has 4 nitrogen and oxygen atoms in total. The zero-order valence-corrected chi connectivity index (χ0v) is 15.2. The molecular weight excluding hydrogens is 356 g/mol. The minimum Gasteiger partial charge on any atom is -0.478 e. The van der Waals surface area contributed by atoms with E-state index in [1.807, 2.05) is 32.0 Å². The maximum Gasteiger partial charge on any atom is 0.335 e. The molecule has 0 amide bonds. The number of aromatic carboxylic acids is 1. The van der Waals surface area contributed by atoms with Crippen molar-refractivity contribution in [3.63, 3.8) is 0 Å². The van der Waals surface area contributed by atoms with E-state index in [0.717, 1.165) is 26.7 Å². The van der Waals surface area contributed by atoms with Gasteiger partial charge in [-0.15, -0.1) is 11.3 Å². The molecule has 0 saturated carbocycles. The summed E-state index contributed by atoms with van der Waals surface area (Å²) >= 11 is 7.49. The fourth-order valence-electron chi connectivity index (χ4n) is 2.61. The number of hydrogen-bond donors (Lipinski definition) is 1. The zero-order valence-electron chi connectivity index (χ0n) is 13.7. The molecule has 1 aromatic carbocycles. The fraction of sp³-hybridized carbons (Fsp3) is 0.105. The Labute approximate surface area is 153 Å². The summed E-state index contributed by atoms with van der Waals surface area (Å²) in [6.45, 7) is 4.00. The number of aromatic nitrogens is 2. The van der Waals surface area contributed by atoms with Crippen molar-refractivity contribution in [2.45, 2.75) is 13.8 Å². The van der Waals surface area contributed by atoms with Crippen LogP contribution in [0.5, 0.6) is 0 Å². The van der Waals surface area contributed by atoms with E-state index in [-0.39, 0.29) is 5.56 Å². The highest BCUT2D eigenvalue weighted by molar-refractivity contribution is 7.19. The predicted octanol–water partition coefficient (Wildman–Crippen LogP) is 5.89. The molecule has 0 fully saturated rings. The van der Waals surface area contributed by atoms with Crippen molar-refractivity contribution in [2.24, 2.45) is 0 Å². The lowest BCUT2D eigenvalue weighted by atomic mass is 10.0. The van der Waals surface area contributed by atoms with Crippen LogP contribution in [0.1, 0.15) is 24.2 Å². The summed E-state index contributed by atoms with van der Waals surface area (Å²) in [7, 11) is 0. The predicted molar refractivity (Wildman–Crippen MR) is 104 cm³/mol. The van der Waals surface area contributed by atoms with Gasteiger partial charge >= 0.3 is 5.97 Å². The molecule has 1 N–H and O–H groups in total. The monoisotopic (exact) mass is 370 g/mol. The highest BCUT2D eigenvalue weighted by atomic mass is 35.5. The molecule has 25 heavy (non-hydrogen) atoms. The second-order valence-electron chi connectivity index (χ2n) is 5.02. The van der Waals surface area contributed by atoms with Crippen molar-refractivity contribution >= 4 is 50.6 Å². The second-order valence-corrected chi connectivity index (χ2v) is 6.74. The van der Waals surface area contributed by atoms with Crippen LogP contribution < -0.4 is 0 Å². The molecule has 3 aromatic heterocycles. The first-order chi connectivity index (χ1) is 12.1. The fourth-order valence-corrected chi connectivity index (χ4v) is 3.66. The number of thiophene rings is 1. The third-order valence-corrected chi connectivity index (χ3v) is 4.89. The van der Waals surface area contributed by atoms with Gasteiger partial charge in [-0.1, -0.05) is 31.5 Å². The summed E-state index contributed by atoms with van der Waals surface area (Å²) in [5, 5.41) is 12.0. The molecule has 0 radical (unpaired) electrons. The summed E-state index contributed by atoms with van der Waals surface area (Å²) in [6.07, 6.45) is 3.50. The Hall–Kier alpha value is -2.50. The van der Waals surface area contributed by atoms with Gasteiger partial charge in [-0.25, -0.2) is 9.78 Å². The molecule has 0 aliphatic heterocycles. The number of fused-ring (bicyclic) bond motifs is 3. The highest BCUT2D eigenvalue weighted by Gasteiger charge is 2.13. The molecule has 0 aliphatic rings. The zero-order chi connectivity index (χ0) is 18.0.